The van der Waals surface area contributed by atoms with E-state index in [2.05, 4.69) is 19.9 Å². The van der Waals surface area contributed by atoms with E-state index in [1.807, 2.05) is 19.1 Å². The fourth-order valence-corrected chi connectivity index (χ4v) is 3.75. The molecule has 0 saturated carbocycles. The van der Waals surface area contributed by atoms with Crippen molar-refractivity contribution in [1.29, 1.82) is 0 Å². The molecule has 0 spiro atoms. The van der Waals surface area contributed by atoms with Crippen LogP contribution in [0.25, 0.3) is 0 Å². The average Bonchev–Trinajstić information content (AvgIpc) is 3.10. The summed E-state index contributed by atoms with van der Waals surface area (Å²) < 4.78 is 5.94. The number of hydrogen-bond acceptors (Lipinski definition) is 5. The first-order valence-corrected chi connectivity index (χ1v) is 8.93. The summed E-state index contributed by atoms with van der Waals surface area (Å²) in [7, 11) is 0. The van der Waals surface area contributed by atoms with E-state index in [0.717, 1.165) is 56.8 Å². The highest BCUT2D eigenvalue weighted by molar-refractivity contribution is 5.50. The van der Waals surface area contributed by atoms with Crippen molar-refractivity contribution in [2.75, 3.05) is 24.6 Å². The maximum absolute atomic E-state index is 5.94. The van der Waals surface area contributed by atoms with Crippen LogP contribution in [0, 0.1) is 12.8 Å². The van der Waals surface area contributed by atoms with Gasteiger partial charge in [0.2, 0.25) is 5.88 Å². The number of anilines is 1. The van der Waals surface area contributed by atoms with Crippen LogP contribution in [0.2, 0.25) is 0 Å². The van der Waals surface area contributed by atoms with Crippen molar-refractivity contribution in [3.05, 3.63) is 41.5 Å². The van der Waals surface area contributed by atoms with Gasteiger partial charge in [-0.15, -0.1) is 0 Å². The van der Waals surface area contributed by atoms with Crippen molar-refractivity contribution in [2.24, 2.45) is 5.92 Å². The lowest BCUT2D eigenvalue weighted by atomic mass is 9.97. The molecule has 0 N–H and O–H groups in total. The van der Waals surface area contributed by atoms with Gasteiger partial charge in [-0.2, -0.15) is 0 Å². The van der Waals surface area contributed by atoms with Gasteiger partial charge in [-0.3, -0.25) is 0 Å². The summed E-state index contributed by atoms with van der Waals surface area (Å²) in [6.45, 7) is 4.91. The fraction of sp³-hybridized carbons (Fsp3) is 0.526. The molecule has 1 aliphatic carbocycles. The largest absolute Gasteiger partial charge is 0.477 e. The first kappa shape index (κ1) is 15.4. The lowest BCUT2D eigenvalue weighted by Crippen LogP contribution is -2.36. The van der Waals surface area contributed by atoms with Gasteiger partial charge >= 0.3 is 0 Å². The van der Waals surface area contributed by atoms with Crippen molar-refractivity contribution < 1.29 is 4.74 Å². The van der Waals surface area contributed by atoms with E-state index in [1.54, 1.807) is 12.5 Å². The minimum Gasteiger partial charge on any atom is -0.477 e. The Morgan fingerprint density at radius 2 is 2.04 bits per heavy atom. The minimum absolute atomic E-state index is 0.595. The lowest BCUT2D eigenvalue weighted by Gasteiger charge is -2.33. The Balaban J connectivity index is 1.34. The van der Waals surface area contributed by atoms with Gasteiger partial charge in [-0.25, -0.2) is 15.0 Å². The van der Waals surface area contributed by atoms with E-state index in [4.69, 9.17) is 4.74 Å². The number of fused-ring (bicyclic) bond motifs is 1. The average molecular weight is 324 g/mol. The molecule has 4 rings (SSSR count). The second-order valence-corrected chi connectivity index (χ2v) is 6.84. The SMILES string of the molecule is Cc1cccnc1OCC1CCN(c2ncnc3c2CCC3)CC1. The molecule has 0 amide bonds. The normalized spacial score (nSPS) is 17.8. The van der Waals surface area contributed by atoms with Crippen LogP contribution >= 0.6 is 0 Å². The van der Waals surface area contributed by atoms with Gasteiger partial charge in [0, 0.05) is 36.1 Å². The molecule has 0 bridgehead atoms. The van der Waals surface area contributed by atoms with Crippen LogP contribution in [0.5, 0.6) is 5.88 Å². The maximum Gasteiger partial charge on any atom is 0.216 e. The molecular formula is C19H24N4O. The van der Waals surface area contributed by atoms with Gasteiger partial charge in [0.15, 0.2) is 0 Å². The van der Waals surface area contributed by atoms with Crippen LogP contribution in [0.15, 0.2) is 24.7 Å². The second kappa shape index (κ2) is 6.75. The Kier molecular flexibility index (Phi) is 4.32. The highest BCUT2D eigenvalue weighted by Gasteiger charge is 2.25. The lowest BCUT2D eigenvalue weighted by molar-refractivity contribution is 0.214. The number of piperidine rings is 1. The molecule has 1 aliphatic heterocycles. The molecule has 2 aromatic rings. The first-order chi connectivity index (χ1) is 11.8. The molecule has 2 aromatic heterocycles. The third-order valence-electron chi connectivity index (χ3n) is 5.18. The number of aryl methyl sites for hydroxylation is 2. The van der Waals surface area contributed by atoms with Gasteiger partial charge in [0.05, 0.1) is 6.61 Å². The Morgan fingerprint density at radius 1 is 1.17 bits per heavy atom. The number of rotatable bonds is 4. The summed E-state index contributed by atoms with van der Waals surface area (Å²) in [6, 6.07) is 3.99. The summed E-state index contributed by atoms with van der Waals surface area (Å²) in [5.74, 6) is 2.54. The van der Waals surface area contributed by atoms with E-state index in [9.17, 15) is 0 Å². The highest BCUT2D eigenvalue weighted by Crippen LogP contribution is 2.30. The van der Waals surface area contributed by atoms with Crippen molar-refractivity contribution in [1.82, 2.24) is 15.0 Å². The number of nitrogens with zero attached hydrogens (tertiary/aromatic N) is 4. The highest BCUT2D eigenvalue weighted by atomic mass is 16.5. The molecule has 5 nitrogen and oxygen atoms in total. The zero-order valence-corrected chi connectivity index (χ0v) is 14.2. The Morgan fingerprint density at radius 3 is 2.88 bits per heavy atom. The standard InChI is InChI=1S/C19H24N4O/c1-14-4-3-9-20-19(14)24-12-15-7-10-23(11-8-15)18-16-5-2-6-17(16)21-13-22-18/h3-4,9,13,15H,2,5-8,10-12H2,1H3. The van der Waals surface area contributed by atoms with E-state index in [1.165, 1.54) is 23.5 Å². The first-order valence-electron chi connectivity index (χ1n) is 8.93. The molecule has 24 heavy (non-hydrogen) atoms. The fourth-order valence-electron chi connectivity index (χ4n) is 3.75. The number of aromatic nitrogens is 3. The summed E-state index contributed by atoms with van der Waals surface area (Å²) >= 11 is 0. The number of pyridine rings is 1. The third kappa shape index (κ3) is 3.07. The molecule has 1 fully saturated rings. The van der Waals surface area contributed by atoms with Crippen molar-refractivity contribution in [3.63, 3.8) is 0 Å². The molecular weight excluding hydrogens is 300 g/mol. The molecule has 0 atom stereocenters. The van der Waals surface area contributed by atoms with Gasteiger partial charge < -0.3 is 9.64 Å². The number of hydrogen-bond donors (Lipinski definition) is 0. The van der Waals surface area contributed by atoms with Crippen LogP contribution in [0.4, 0.5) is 5.82 Å². The van der Waals surface area contributed by atoms with E-state index in [0.29, 0.717) is 5.92 Å². The Labute approximate surface area is 143 Å². The smallest absolute Gasteiger partial charge is 0.216 e. The summed E-state index contributed by atoms with van der Waals surface area (Å²) in [6.07, 6.45) is 9.27. The third-order valence-corrected chi connectivity index (χ3v) is 5.18. The van der Waals surface area contributed by atoms with Gasteiger partial charge in [-0.05, 0) is 51.0 Å². The predicted molar refractivity (Wildman–Crippen MR) is 93.5 cm³/mol. The van der Waals surface area contributed by atoms with Crippen LogP contribution in [0.1, 0.15) is 36.1 Å². The molecule has 0 radical (unpaired) electrons. The van der Waals surface area contributed by atoms with Gasteiger partial charge in [-0.1, -0.05) is 6.07 Å². The molecule has 0 unspecified atom stereocenters. The second-order valence-electron chi connectivity index (χ2n) is 6.84. The molecule has 3 heterocycles. The minimum atomic E-state index is 0.595. The summed E-state index contributed by atoms with van der Waals surface area (Å²) in [4.78, 5) is 15.8. The monoisotopic (exact) mass is 324 g/mol. The van der Waals surface area contributed by atoms with Crippen LogP contribution in [-0.4, -0.2) is 34.6 Å². The van der Waals surface area contributed by atoms with Crippen molar-refractivity contribution in [2.45, 2.75) is 39.0 Å². The van der Waals surface area contributed by atoms with Gasteiger partial charge in [0.1, 0.15) is 12.1 Å². The number of ether oxygens (including phenoxy) is 1. The quantitative estimate of drug-likeness (QED) is 0.865. The van der Waals surface area contributed by atoms with Crippen LogP contribution in [-0.2, 0) is 12.8 Å². The van der Waals surface area contributed by atoms with E-state index >= 15 is 0 Å². The molecule has 5 heteroatoms. The van der Waals surface area contributed by atoms with E-state index < -0.39 is 0 Å². The van der Waals surface area contributed by atoms with E-state index in [-0.39, 0.29) is 0 Å². The zero-order chi connectivity index (χ0) is 16.4. The van der Waals surface area contributed by atoms with Crippen molar-refractivity contribution in [3.8, 4) is 5.88 Å². The molecule has 126 valence electrons. The molecule has 1 saturated heterocycles. The molecule has 2 aliphatic rings. The van der Waals surface area contributed by atoms with Crippen LogP contribution < -0.4 is 9.64 Å². The van der Waals surface area contributed by atoms with Gasteiger partial charge in [0.25, 0.3) is 0 Å². The van der Waals surface area contributed by atoms with Crippen molar-refractivity contribution >= 4 is 5.82 Å². The van der Waals surface area contributed by atoms with Crippen LogP contribution in [0.3, 0.4) is 0 Å². The Hall–Kier alpha value is -2.17. The zero-order valence-electron chi connectivity index (χ0n) is 14.2. The Bertz CT molecular complexity index is 710. The summed E-state index contributed by atoms with van der Waals surface area (Å²) in [5, 5.41) is 0. The summed E-state index contributed by atoms with van der Waals surface area (Å²) in [5.41, 5.74) is 3.75. The topological polar surface area (TPSA) is 51.1 Å². The predicted octanol–water partition coefficient (Wildman–Crippen LogP) is 2.96. The maximum atomic E-state index is 5.94. The molecule has 0 aromatic carbocycles.